The van der Waals surface area contributed by atoms with Gasteiger partial charge < -0.3 is 0 Å². The van der Waals surface area contributed by atoms with Crippen molar-refractivity contribution < 1.29 is 22.8 Å². The summed E-state index contributed by atoms with van der Waals surface area (Å²) in [4.78, 5) is 16.3. The van der Waals surface area contributed by atoms with Crippen LogP contribution in [0, 0.1) is 11.8 Å². The Labute approximate surface area is 92.5 Å². The minimum absolute atomic E-state index is 0.115. The van der Waals surface area contributed by atoms with Crippen LogP contribution in [0.4, 0.5) is 13.2 Å². The molecule has 0 spiro atoms. The van der Waals surface area contributed by atoms with Gasteiger partial charge in [0, 0.05) is 13.0 Å². The number of carbonyl (C=O) groups is 1. The molecule has 1 aliphatic rings. The van der Waals surface area contributed by atoms with Crippen molar-refractivity contribution >= 4 is 5.91 Å². The Morgan fingerprint density at radius 3 is 2.50 bits per heavy atom. The largest absolute Gasteiger partial charge is 0.391 e. The molecule has 1 rings (SSSR count). The SMILES string of the molecule is CON(C)C(=O)C1CCCC(C(F)(F)F)C1. The number of hydroxylamine groups is 2. The molecular weight excluding hydrogens is 223 g/mol. The standard InChI is InChI=1S/C10H16F3NO2/c1-14(16-2)9(15)7-4-3-5-8(6-7)10(11,12)13/h7-8H,3-6H2,1-2H3. The molecule has 0 heterocycles. The molecule has 1 amide bonds. The van der Waals surface area contributed by atoms with E-state index in [0.29, 0.717) is 12.8 Å². The van der Waals surface area contributed by atoms with Crippen LogP contribution < -0.4 is 0 Å². The summed E-state index contributed by atoms with van der Waals surface area (Å²) < 4.78 is 37.5. The van der Waals surface area contributed by atoms with Gasteiger partial charge in [-0.15, -0.1) is 0 Å². The number of rotatable bonds is 2. The van der Waals surface area contributed by atoms with Crippen molar-refractivity contribution in [1.29, 1.82) is 0 Å². The summed E-state index contributed by atoms with van der Waals surface area (Å²) in [5, 5.41) is 1.00. The molecule has 1 fully saturated rings. The zero-order valence-electron chi connectivity index (χ0n) is 9.38. The summed E-state index contributed by atoms with van der Waals surface area (Å²) in [6.45, 7) is 0. The van der Waals surface area contributed by atoms with E-state index in [9.17, 15) is 18.0 Å². The van der Waals surface area contributed by atoms with Gasteiger partial charge >= 0.3 is 6.18 Å². The summed E-state index contributed by atoms with van der Waals surface area (Å²) >= 11 is 0. The summed E-state index contributed by atoms with van der Waals surface area (Å²) in [7, 11) is 2.74. The first-order chi connectivity index (χ1) is 7.36. The molecule has 0 N–H and O–H groups in total. The summed E-state index contributed by atoms with van der Waals surface area (Å²) in [5.41, 5.74) is 0. The highest BCUT2D eigenvalue weighted by atomic mass is 19.4. The Hall–Kier alpha value is -0.780. The van der Waals surface area contributed by atoms with Crippen molar-refractivity contribution in [3.05, 3.63) is 0 Å². The molecule has 0 aromatic rings. The molecular formula is C10H16F3NO2. The third-order valence-corrected chi connectivity index (χ3v) is 3.07. The number of amides is 1. The van der Waals surface area contributed by atoms with E-state index >= 15 is 0 Å². The maximum Gasteiger partial charge on any atom is 0.391 e. The maximum atomic E-state index is 12.5. The van der Waals surface area contributed by atoms with Crippen molar-refractivity contribution in [2.75, 3.05) is 14.2 Å². The average molecular weight is 239 g/mol. The highest BCUT2D eigenvalue weighted by Crippen LogP contribution is 2.40. The van der Waals surface area contributed by atoms with Gasteiger partial charge in [-0.05, 0) is 19.3 Å². The van der Waals surface area contributed by atoms with Crippen LogP contribution in [0.1, 0.15) is 25.7 Å². The second-order valence-corrected chi connectivity index (χ2v) is 4.12. The first-order valence-corrected chi connectivity index (χ1v) is 5.24. The van der Waals surface area contributed by atoms with Crippen molar-refractivity contribution in [1.82, 2.24) is 5.06 Å². The molecule has 1 saturated carbocycles. The summed E-state index contributed by atoms with van der Waals surface area (Å²) in [5.74, 6) is -2.28. The lowest BCUT2D eigenvalue weighted by atomic mass is 9.80. The Balaban J connectivity index is 2.60. The number of alkyl halides is 3. The Morgan fingerprint density at radius 1 is 1.38 bits per heavy atom. The van der Waals surface area contributed by atoms with Gasteiger partial charge in [0.2, 0.25) is 5.91 Å². The third kappa shape index (κ3) is 3.10. The van der Waals surface area contributed by atoms with Gasteiger partial charge in [0.1, 0.15) is 0 Å². The van der Waals surface area contributed by atoms with Crippen LogP contribution >= 0.6 is 0 Å². The van der Waals surface area contributed by atoms with Crippen molar-refractivity contribution in [3.8, 4) is 0 Å². The van der Waals surface area contributed by atoms with Gasteiger partial charge in [0.15, 0.2) is 0 Å². The van der Waals surface area contributed by atoms with Crippen LogP contribution in [0.2, 0.25) is 0 Å². The smallest absolute Gasteiger partial charge is 0.275 e. The van der Waals surface area contributed by atoms with Crippen LogP contribution in [0.15, 0.2) is 0 Å². The van der Waals surface area contributed by atoms with Gasteiger partial charge in [-0.1, -0.05) is 6.42 Å². The van der Waals surface area contributed by atoms with Gasteiger partial charge in [-0.2, -0.15) is 13.2 Å². The topological polar surface area (TPSA) is 29.5 Å². The van der Waals surface area contributed by atoms with Crippen LogP contribution in [0.25, 0.3) is 0 Å². The monoisotopic (exact) mass is 239 g/mol. The number of nitrogens with zero attached hydrogens (tertiary/aromatic N) is 1. The van der Waals surface area contributed by atoms with Crippen LogP contribution in [0.5, 0.6) is 0 Å². The molecule has 0 bridgehead atoms. The summed E-state index contributed by atoms with van der Waals surface area (Å²) in [6, 6.07) is 0. The lowest BCUT2D eigenvalue weighted by Crippen LogP contribution is -2.37. The number of hydrogen-bond donors (Lipinski definition) is 0. The van der Waals surface area contributed by atoms with Gasteiger partial charge in [0.05, 0.1) is 13.0 Å². The Kier molecular flexibility index (Phi) is 4.18. The molecule has 0 radical (unpaired) electrons. The molecule has 2 unspecified atom stereocenters. The van der Waals surface area contributed by atoms with Gasteiger partial charge in [-0.25, -0.2) is 5.06 Å². The van der Waals surface area contributed by atoms with E-state index < -0.39 is 18.0 Å². The van der Waals surface area contributed by atoms with E-state index in [1.807, 2.05) is 0 Å². The molecule has 94 valence electrons. The third-order valence-electron chi connectivity index (χ3n) is 3.07. The summed E-state index contributed by atoms with van der Waals surface area (Å²) in [6.07, 6.45) is -3.22. The van der Waals surface area contributed by atoms with Gasteiger partial charge in [0.25, 0.3) is 0 Å². The number of carbonyl (C=O) groups excluding carboxylic acids is 1. The minimum Gasteiger partial charge on any atom is -0.275 e. The van der Waals surface area contributed by atoms with E-state index in [2.05, 4.69) is 4.84 Å². The van der Waals surface area contributed by atoms with Crippen LogP contribution in [0.3, 0.4) is 0 Å². The predicted molar refractivity (Wildman–Crippen MR) is 51.3 cm³/mol. The Morgan fingerprint density at radius 2 is 2.00 bits per heavy atom. The zero-order valence-corrected chi connectivity index (χ0v) is 9.38. The molecule has 16 heavy (non-hydrogen) atoms. The normalized spacial score (nSPS) is 26.6. The fraction of sp³-hybridized carbons (Fsp3) is 0.900. The molecule has 0 aromatic heterocycles. The highest BCUT2D eigenvalue weighted by Gasteiger charge is 2.44. The van der Waals surface area contributed by atoms with E-state index in [1.165, 1.54) is 14.2 Å². The predicted octanol–water partition coefficient (Wildman–Crippen LogP) is 2.37. The maximum absolute atomic E-state index is 12.5. The molecule has 6 heteroatoms. The second-order valence-electron chi connectivity index (χ2n) is 4.12. The van der Waals surface area contributed by atoms with Gasteiger partial charge in [-0.3, -0.25) is 9.63 Å². The van der Waals surface area contributed by atoms with Crippen LogP contribution in [-0.2, 0) is 9.63 Å². The average Bonchev–Trinajstić information content (AvgIpc) is 2.26. The molecule has 0 aromatic carbocycles. The fourth-order valence-corrected chi connectivity index (χ4v) is 2.06. The first-order valence-electron chi connectivity index (χ1n) is 5.24. The lowest BCUT2D eigenvalue weighted by Gasteiger charge is -2.31. The molecule has 0 aliphatic heterocycles. The van der Waals surface area contributed by atoms with Crippen LogP contribution in [-0.4, -0.2) is 31.3 Å². The quantitative estimate of drug-likeness (QED) is 0.692. The second kappa shape index (κ2) is 5.03. The number of halogens is 3. The number of hydrogen-bond acceptors (Lipinski definition) is 2. The zero-order chi connectivity index (χ0) is 12.3. The van der Waals surface area contributed by atoms with Crippen molar-refractivity contribution in [2.24, 2.45) is 11.8 Å². The van der Waals surface area contributed by atoms with E-state index in [0.717, 1.165) is 5.06 Å². The first kappa shape index (κ1) is 13.3. The molecule has 0 saturated heterocycles. The minimum atomic E-state index is -4.19. The molecule has 3 nitrogen and oxygen atoms in total. The fourth-order valence-electron chi connectivity index (χ4n) is 2.06. The molecule has 2 atom stereocenters. The molecule has 1 aliphatic carbocycles. The highest BCUT2D eigenvalue weighted by molar-refractivity contribution is 5.77. The Bertz CT molecular complexity index is 255. The van der Waals surface area contributed by atoms with E-state index in [4.69, 9.17) is 0 Å². The lowest BCUT2D eigenvalue weighted by molar-refractivity contribution is -0.194. The van der Waals surface area contributed by atoms with E-state index in [-0.39, 0.29) is 18.7 Å². The van der Waals surface area contributed by atoms with Crippen molar-refractivity contribution in [3.63, 3.8) is 0 Å². The van der Waals surface area contributed by atoms with Crippen molar-refractivity contribution in [2.45, 2.75) is 31.9 Å². The van der Waals surface area contributed by atoms with E-state index in [1.54, 1.807) is 0 Å².